The molecule has 156 valence electrons. The van der Waals surface area contributed by atoms with E-state index >= 15 is 0 Å². The molecule has 0 aliphatic rings. The van der Waals surface area contributed by atoms with E-state index in [4.69, 9.17) is 20.9 Å². The van der Waals surface area contributed by atoms with E-state index in [9.17, 15) is 0 Å². The fraction of sp³-hybridized carbons (Fsp3) is 0.120. The molecule has 0 spiro atoms. The SMILES string of the molecule is COc1cc(Cc2cnc(N)nc2N)cc(-c2ccc(-c3ccccc3)cc2)c1OC. The summed E-state index contributed by atoms with van der Waals surface area (Å²) < 4.78 is 11.3. The van der Waals surface area contributed by atoms with E-state index in [2.05, 4.69) is 52.4 Å². The normalized spacial score (nSPS) is 10.6. The van der Waals surface area contributed by atoms with Crippen LogP contribution in [0.25, 0.3) is 22.3 Å². The van der Waals surface area contributed by atoms with Gasteiger partial charge >= 0.3 is 0 Å². The monoisotopic (exact) mass is 412 g/mol. The lowest BCUT2D eigenvalue weighted by molar-refractivity contribution is 0.356. The van der Waals surface area contributed by atoms with Crippen molar-refractivity contribution in [1.29, 1.82) is 0 Å². The number of nitrogen functional groups attached to an aromatic ring is 2. The topological polar surface area (TPSA) is 96.3 Å². The maximum Gasteiger partial charge on any atom is 0.221 e. The molecule has 0 fully saturated rings. The smallest absolute Gasteiger partial charge is 0.221 e. The molecule has 0 atom stereocenters. The molecule has 4 N–H and O–H groups in total. The van der Waals surface area contributed by atoms with Crippen molar-refractivity contribution in [3.8, 4) is 33.8 Å². The second kappa shape index (κ2) is 8.75. The third-order valence-electron chi connectivity index (χ3n) is 5.15. The van der Waals surface area contributed by atoms with Crippen molar-refractivity contribution >= 4 is 11.8 Å². The minimum absolute atomic E-state index is 0.160. The first kappa shape index (κ1) is 20.2. The van der Waals surface area contributed by atoms with Crippen LogP contribution in [-0.2, 0) is 6.42 Å². The molecular formula is C25H24N4O2. The Kier molecular flexibility index (Phi) is 5.71. The number of nitrogens with zero attached hydrogens (tertiary/aromatic N) is 2. The van der Waals surface area contributed by atoms with E-state index in [1.54, 1.807) is 20.4 Å². The Bertz CT molecular complexity index is 1190. The third-order valence-corrected chi connectivity index (χ3v) is 5.15. The summed E-state index contributed by atoms with van der Waals surface area (Å²) in [7, 11) is 3.27. The first-order chi connectivity index (χ1) is 15.1. The number of anilines is 2. The highest BCUT2D eigenvalue weighted by Gasteiger charge is 2.16. The molecule has 0 saturated carbocycles. The van der Waals surface area contributed by atoms with Crippen LogP contribution in [0.2, 0.25) is 0 Å². The molecule has 0 unspecified atom stereocenters. The van der Waals surface area contributed by atoms with Gasteiger partial charge in [-0.25, -0.2) is 4.98 Å². The number of rotatable bonds is 6. The molecule has 1 aromatic heterocycles. The Morgan fingerprint density at radius 1 is 0.806 bits per heavy atom. The van der Waals surface area contributed by atoms with Gasteiger partial charge < -0.3 is 20.9 Å². The van der Waals surface area contributed by atoms with Gasteiger partial charge in [0.25, 0.3) is 0 Å². The Morgan fingerprint density at radius 3 is 2.13 bits per heavy atom. The average Bonchev–Trinajstić information content (AvgIpc) is 2.81. The first-order valence-electron chi connectivity index (χ1n) is 9.86. The predicted molar refractivity (Wildman–Crippen MR) is 124 cm³/mol. The standard InChI is InChI=1S/C25H24N4O2/c1-30-22-14-16(12-20-15-28-25(27)29-24(20)26)13-21(23(22)31-2)19-10-8-18(9-11-19)17-6-4-3-5-7-17/h3-11,13-15H,12H2,1-2H3,(H4,26,27,28,29). The summed E-state index contributed by atoms with van der Waals surface area (Å²) in [5.74, 6) is 1.86. The van der Waals surface area contributed by atoms with E-state index in [1.807, 2.05) is 24.3 Å². The number of methoxy groups -OCH3 is 2. The van der Waals surface area contributed by atoms with Gasteiger partial charge in [-0.3, -0.25) is 0 Å². The van der Waals surface area contributed by atoms with Gasteiger partial charge in [-0.1, -0.05) is 54.6 Å². The van der Waals surface area contributed by atoms with Crippen LogP contribution in [0.15, 0.2) is 72.9 Å². The van der Waals surface area contributed by atoms with Crippen LogP contribution in [0, 0.1) is 0 Å². The molecule has 0 aliphatic carbocycles. The lowest BCUT2D eigenvalue weighted by atomic mass is 9.96. The average molecular weight is 412 g/mol. The second-order valence-electron chi connectivity index (χ2n) is 7.14. The zero-order chi connectivity index (χ0) is 21.8. The van der Waals surface area contributed by atoms with Gasteiger partial charge in [0.15, 0.2) is 11.5 Å². The summed E-state index contributed by atoms with van der Waals surface area (Å²) in [6.07, 6.45) is 2.20. The van der Waals surface area contributed by atoms with Crippen molar-refractivity contribution < 1.29 is 9.47 Å². The number of aromatic nitrogens is 2. The van der Waals surface area contributed by atoms with E-state index < -0.39 is 0 Å². The molecule has 0 saturated heterocycles. The molecular weight excluding hydrogens is 388 g/mol. The maximum atomic E-state index is 6.03. The van der Waals surface area contributed by atoms with Crippen molar-refractivity contribution in [3.63, 3.8) is 0 Å². The van der Waals surface area contributed by atoms with Crippen molar-refractivity contribution in [3.05, 3.63) is 84.1 Å². The quantitative estimate of drug-likeness (QED) is 0.481. The van der Waals surface area contributed by atoms with E-state index in [0.29, 0.717) is 23.7 Å². The zero-order valence-electron chi connectivity index (χ0n) is 17.5. The number of benzene rings is 3. The van der Waals surface area contributed by atoms with Crippen molar-refractivity contribution in [2.24, 2.45) is 0 Å². The third kappa shape index (κ3) is 4.28. The second-order valence-corrected chi connectivity index (χ2v) is 7.14. The predicted octanol–water partition coefficient (Wildman–Crippen LogP) is 4.58. The molecule has 0 bridgehead atoms. The summed E-state index contributed by atoms with van der Waals surface area (Å²) >= 11 is 0. The number of nitrogens with two attached hydrogens (primary N) is 2. The minimum Gasteiger partial charge on any atom is -0.493 e. The molecule has 1 heterocycles. The van der Waals surface area contributed by atoms with Crippen LogP contribution >= 0.6 is 0 Å². The Morgan fingerprint density at radius 2 is 1.48 bits per heavy atom. The Hall–Kier alpha value is -4.06. The summed E-state index contributed by atoms with van der Waals surface area (Å²) in [5.41, 5.74) is 17.7. The lowest BCUT2D eigenvalue weighted by Crippen LogP contribution is -2.04. The fourth-order valence-corrected chi connectivity index (χ4v) is 3.60. The van der Waals surface area contributed by atoms with Gasteiger partial charge in [0.1, 0.15) is 5.82 Å². The summed E-state index contributed by atoms with van der Waals surface area (Å²) in [5, 5.41) is 0. The van der Waals surface area contributed by atoms with Gasteiger partial charge in [0, 0.05) is 23.7 Å². The van der Waals surface area contributed by atoms with Crippen molar-refractivity contribution in [1.82, 2.24) is 9.97 Å². The Labute approximate surface area is 181 Å². The van der Waals surface area contributed by atoms with Crippen LogP contribution in [0.4, 0.5) is 11.8 Å². The van der Waals surface area contributed by atoms with Gasteiger partial charge in [-0.2, -0.15) is 4.98 Å². The van der Waals surface area contributed by atoms with Crippen LogP contribution < -0.4 is 20.9 Å². The van der Waals surface area contributed by atoms with Gasteiger partial charge in [-0.15, -0.1) is 0 Å². The van der Waals surface area contributed by atoms with E-state index in [0.717, 1.165) is 27.8 Å². The summed E-state index contributed by atoms with van der Waals surface area (Å²) in [6.45, 7) is 0. The number of hydrogen-bond acceptors (Lipinski definition) is 6. The molecule has 4 aromatic rings. The van der Waals surface area contributed by atoms with Crippen LogP contribution in [0.1, 0.15) is 11.1 Å². The summed E-state index contributed by atoms with van der Waals surface area (Å²) in [4.78, 5) is 8.12. The first-order valence-corrected chi connectivity index (χ1v) is 9.86. The van der Waals surface area contributed by atoms with E-state index in [1.165, 1.54) is 5.56 Å². The largest absolute Gasteiger partial charge is 0.493 e. The number of hydrogen-bond donors (Lipinski definition) is 2. The molecule has 0 amide bonds. The van der Waals surface area contributed by atoms with Crippen LogP contribution in [-0.4, -0.2) is 24.2 Å². The zero-order valence-corrected chi connectivity index (χ0v) is 17.5. The van der Waals surface area contributed by atoms with Gasteiger partial charge in [0.05, 0.1) is 14.2 Å². The highest BCUT2D eigenvalue weighted by atomic mass is 16.5. The molecule has 0 radical (unpaired) electrons. The molecule has 6 heteroatoms. The lowest BCUT2D eigenvalue weighted by Gasteiger charge is -2.16. The van der Waals surface area contributed by atoms with Crippen molar-refractivity contribution in [2.45, 2.75) is 6.42 Å². The molecule has 6 nitrogen and oxygen atoms in total. The maximum absolute atomic E-state index is 6.03. The number of ether oxygens (including phenoxy) is 2. The Balaban J connectivity index is 1.74. The summed E-state index contributed by atoms with van der Waals surface area (Å²) in [6, 6.07) is 22.7. The molecule has 3 aromatic carbocycles. The molecule has 31 heavy (non-hydrogen) atoms. The molecule has 0 aliphatic heterocycles. The van der Waals surface area contributed by atoms with Crippen LogP contribution in [0.5, 0.6) is 11.5 Å². The van der Waals surface area contributed by atoms with Crippen molar-refractivity contribution in [2.75, 3.05) is 25.7 Å². The highest BCUT2D eigenvalue weighted by Crippen LogP contribution is 2.40. The highest BCUT2D eigenvalue weighted by molar-refractivity contribution is 5.77. The van der Waals surface area contributed by atoms with Crippen LogP contribution in [0.3, 0.4) is 0 Å². The van der Waals surface area contributed by atoms with Gasteiger partial charge in [0.2, 0.25) is 5.95 Å². The fourth-order valence-electron chi connectivity index (χ4n) is 3.60. The van der Waals surface area contributed by atoms with E-state index in [-0.39, 0.29) is 5.95 Å². The minimum atomic E-state index is 0.160. The van der Waals surface area contributed by atoms with Gasteiger partial charge in [-0.05, 0) is 34.4 Å². The molecule has 4 rings (SSSR count).